The Morgan fingerprint density at radius 1 is 1.67 bits per heavy atom. The van der Waals surface area contributed by atoms with Gasteiger partial charge in [-0.1, -0.05) is 0 Å². The van der Waals surface area contributed by atoms with Crippen molar-refractivity contribution in [1.29, 1.82) is 0 Å². The van der Waals surface area contributed by atoms with E-state index in [0.717, 1.165) is 0 Å². The minimum Gasteiger partial charge on any atom is -0.301 e. The predicted octanol–water partition coefficient (Wildman–Crippen LogP) is -0.0113. The molecule has 1 saturated heterocycles. The highest BCUT2D eigenvalue weighted by atomic mass is 19.3. The van der Waals surface area contributed by atoms with Gasteiger partial charge in [0.15, 0.2) is 0 Å². The van der Waals surface area contributed by atoms with Gasteiger partial charge in [-0.05, 0) is 13.6 Å². The van der Waals surface area contributed by atoms with Gasteiger partial charge in [0.25, 0.3) is 5.92 Å². The molecule has 0 aromatic carbocycles. The van der Waals surface area contributed by atoms with Crippen molar-refractivity contribution in [3.63, 3.8) is 0 Å². The van der Waals surface area contributed by atoms with Crippen LogP contribution in [0, 0.1) is 0 Å². The van der Waals surface area contributed by atoms with E-state index in [2.05, 4.69) is 0 Å². The van der Waals surface area contributed by atoms with Gasteiger partial charge < -0.3 is 4.90 Å². The lowest BCUT2D eigenvalue weighted by atomic mass is 9.84. The Kier molecular flexibility index (Phi) is 1.51. The van der Waals surface area contributed by atoms with Gasteiger partial charge in [0.1, 0.15) is 7.85 Å². The summed E-state index contributed by atoms with van der Waals surface area (Å²) in [4.78, 5) is 1.66. The molecule has 1 aliphatic heterocycles. The lowest BCUT2D eigenvalue weighted by Crippen LogP contribution is -2.23. The Labute approximate surface area is 54.4 Å². The Bertz CT molecular complexity index is 118. The van der Waals surface area contributed by atoms with Crippen molar-refractivity contribution in [2.45, 2.75) is 11.7 Å². The van der Waals surface area contributed by atoms with Gasteiger partial charge in [-0.2, -0.15) is 0 Å². The number of nitrogens with zero attached hydrogens (tertiary/aromatic N) is 1. The molecular weight excluding hydrogens is 123 g/mol. The van der Waals surface area contributed by atoms with Crippen LogP contribution in [0.25, 0.3) is 0 Å². The van der Waals surface area contributed by atoms with E-state index in [9.17, 15) is 8.78 Å². The van der Waals surface area contributed by atoms with E-state index in [4.69, 9.17) is 0 Å². The Balaban J connectivity index is 2.58. The minimum absolute atomic E-state index is 0.0752. The summed E-state index contributed by atoms with van der Waals surface area (Å²) in [6.07, 6.45) is 0. The fourth-order valence-corrected chi connectivity index (χ4v) is 1.18. The highest BCUT2D eigenvalue weighted by molar-refractivity contribution is 6.12. The van der Waals surface area contributed by atoms with E-state index >= 15 is 0 Å². The van der Waals surface area contributed by atoms with Crippen molar-refractivity contribution in [2.75, 3.05) is 20.1 Å². The monoisotopic (exact) mass is 133 g/mol. The third-order valence-corrected chi connectivity index (χ3v) is 1.79. The maximum Gasteiger partial charge on any atom is 0.257 e. The van der Waals surface area contributed by atoms with Crippen LogP contribution >= 0.6 is 0 Å². The summed E-state index contributed by atoms with van der Waals surface area (Å²) in [7, 11) is 3.31. The first-order valence-electron chi connectivity index (χ1n) is 3.09. The predicted molar refractivity (Wildman–Crippen MR) is 34.7 cm³/mol. The second-order valence-electron chi connectivity index (χ2n) is 2.86. The molecule has 0 spiro atoms. The Morgan fingerprint density at radius 3 is 2.33 bits per heavy atom. The van der Waals surface area contributed by atoms with E-state index < -0.39 is 11.7 Å². The number of rotatable bonds is 0. The molecule has 52 valence electrons. The van der Waals surface area contributed by atoms with Crippen LogP contribution in [0.4, 0.5) is 8.78 Å². The quantitative estimate of drug-likeness (QED) is 0.420. The maximum atomic E-state index is 12.5. The molecule has 1 heterocycles. The Morgan fingerprint density at radius 2 is 2.22 bits per heavy atom. The van der Waals surface area contributed by atoms with Crippen molar-refractivity contribution < 1.29 is 8.78 Å². The van der Waals surface area contributed by atoms with Crippen LogP contribution in [0.1, 0.15) is 0 Å². The molecule has 1 rings (SSSR count). The van der Waals surface area contributed by atoms with Crippen LogP contribution in [0.3, 0.4) is 0 Å². The standard InChI is InChI=1S/C5H10BF2N/c1-9-2-4(6)5(7,8)3-9/h4H,2-3,6H2,1H3. The minimum atomic E-state index is -2.45. The van der Waals surface area contributed by atoms with E-state index in [1.54, 1.807) is 19.8 Å². The van der Waals surface area contributed by atoms with E-state index in [-0.39, 0.29) is 6.54 Å². The summed E-state index contributed by atoms with van der Waals surface area (Å²) in [5.74, 6) is -2.92. The largest absolute Gasteiger partial charge is 0.301 e. The second-order valence-corrected chi connectivity index (χ2v) is 2.86. The average molecular weight is 133 g/mol. The van der Waals surface area contributed by atoms with Crippen molar-refractivity contribution in [3.8, 4) is 0 Å². The summed E-state index contributed by atoms with van der Waals surface area (Å²) < 4.78 is 25.1. The van der Waals surface area contributed by atoms with Crippen molar-refractivity contribution >= 4 is 7.85 Å². The zero-order chi connectivity index (χ0) is 7.07. The molecule has 4 heteroatoms. The molecule has 0 amide bonds. The first-order chi connectivity index (χ1) is 4.02. The van der Waals surface area contributed by atoms with E-state index in [0.29, 0.717) is 6.54 Å². The summed E-state index contributed by atoms with van der Waals surface area (Å²) >= 11 is 0. The number of halogens is 2. The van der Waals surface area contributed by atoms with Gasteiger partial charge in [-0.3, -0.25) is 0 Å². The molecule has 0 radical (unpaired) electrons. The molecule has 0 aromatic heterocycles. The summed E-state index contributed by atoms with van der Waals surface area (Å²) in [5.41, 5.74) is 0. The highest BCUT2D eigenvalue weighted by Crippen LogP contribution is 2.33. The second kappa shape index (κ2) is 1.94. The molecule has 0 N–H and O–H groups in total. The topological polar surface area (TPSA) is 3.24 Å². The normalized spacial score (nSPS) is 35.2. The lowest BCUT2D eigenvalue weighted by Gasteiger charge is -2.11. The third-order valence-electron chi connectivity index (χ3n) is 1.79. The molecule has 0 bridgehead atoms. The van der Waals surface area contributed by atoms with Crippen molar-refractivity contribution in [3.05, 3.63) is 0 Å². The van der Waals surface area contributed by atoms with Gasteiger partial charge in [0, 0.05) is 5.82 Å². The lowest BCUT2D eigenvalue weighted by molar-refractivity contribution is 0.0154. The fourth-order valence-electron chi connectivity index (χ4n) is 1.18. The van der Waals surface area contributed by atoms with Gasteiger partial charge in [0.2, 0.25) is 0 Å². The zero-order valence-corrected chi connectivity index (χ0v) is 5.69. The molecule has 0 aliphatic carbocycles. The average Bonchev–Trinajstić information content (AvgIpc) is 1.79. The molecule has 1 atom stereocenters. The summed E-state index contributed by atoms with van der Waals surface area (Å²) in [5, 5.41) is 0. The third kappa shape index (κ3) is 1.23. The van der Waals surface area contributed by atoms with Crippen LogP contribution < -0.4 is 0 Å². The number of hydrogen-bond donors (Lipinski definition) is 0. The van der Waals surface area contributed by atoms with E-state index in [1.165, 1.54) is 0 Å². The van der Waals surface area contributed by atoms with Crippen molar-refractivity contribution in [2.24, 2.45) is 0 Å². The van der Waals surface area contributed by atoms with Crippen LogP contribution in [0.15, 0.2) is 0 Å². The molecule has 1 nitrogen and oxygen atoms in total. The maximum absolute atomic E-state index is 12.5. The van der Waals surface area contributed by atoms with Crippen LogP contribution in [0.5, 0.6) is 0 Å². The van der Waals surface area contributed by atoms with Gasteiger partial charge in [0.05, 0.1) is 6.54 Å². The molecule has 0 saturated carbocycles. The van der Waals surface area contributed by atoms with E-state index in [1.807, 2.05) is 0 Å². The molecular formula is C5H10BF2N. The Hall–Kier alpha value is -0.115. The van der Waals surface area contributed by atoms with Crippen LogP contribution in [-0.2, 0) is 0 Å². The van der Waals surface area contributed by atoms with Crippen LogP contribution in [0.2, 0.25) is 5.82 Å². The summed E-state index contributed by atoms with van der Waals surface area (Å²) in [6, 6.07) is 0. The SMILES string of the molecule is BC1CN(C)CC1(F)F. The van der Waals surface area contributed by atoms with Gasteiger partial charge >= 0.3 is 0 Å². The van der Waals surface area contributed by atoms with Crippen LogP contribution in [-0.4, -0.2) is 38.8 Å². The fraction of sp³-hybridized carbons (Fsp3) is 1.00. The van der Waals surface area contributed by atoms with Gasteiger partial charge in [-0.15, -0.1) is 0 Å². The molecule has 0 aromatic rings. The summed E-state index contributed by atoms with van der Waals surface area (Å²) in [6.45, 7) is 0.446. The zero-order valence-electron chi connectivity index (χ0n) is 5.69. The first-order valence-corrected chi connectivity index (χ1v) is 3.09. The molecule has 9 heavy (non-hydrogen) atoms. The number of alkyl halides is 2. The number of likely N-dealkylation sites (tertiary alicyclic amines) is 1. The van der Waals surface area contributed by atoms with Crippen molar-refractivity contribution in [1.82, 2.24) is 4.90 Å². The smallest absolute Gasteiger partial charge is 0.257 e. The van der Waals surface area contributed by atoms with Gasteiger partial charge in [-0.25, -0.2) is 8.78 Å². The number of hydrogen-bond acceptors (Lipinski definition) is 1. The molecule has 1 fully saturated rings. The molecule has 1 unspecified atom stereocenters. The molecule has 1 aliphatic rings. The first kappa shape index (κ1) is 7.00. The highest BCUT2D eigenvalue weighted by Gasteiger charge is 2.43.